The number of ketones is 1. The molecule has 0 spiro atoms. The molecule has 0 unspecified atom stereocenters. The number of hydrogen-bond donors (Lipinski definition) is 0. The lowest BCUT2D eigenvalue weighted by molar-refractivity contribution is -0.154. The molecule has 3 aromatic rings. The smallest absolute Gasteiger partial charge is 0.339 e. The summed E-state index contributed by atoms with van der Waals surface area (Å²) >= 11 is 5.97. The van der Waals surface area contributed by atoms with Crippen LogP contribution in [0.1, 0.15) is 39.6 Å². The average Bonchev–Trinajstić information content (AvgIpc) is 3.22. The highest BCUT2D eigenvalue weighted by Crippen LogP contribution is 2.39. The van der Waals surface area contributed by atoms with Crippen LogP contribution in [-0.2, 0) is 19.7 Å². The second-order valence-electron chi connectivity index (χ2n) is 10.3. The number of carbonyl (C=O) groups is 4. The van der Waals surface area contributed by atoms with Crippen molar-refractivity contribution in [2.45, 2.75) is 25.2 Å². The van der Waals surface area contributed by atoms with E-state index in [4.69, 9.17) is 15.8 Å². The van der Waals surface area contributed by atoms with Crippen LogP contribution in [-0.4, -0.2) is 48.5 Å². The number of benzene rings is 3. The van der Waals surface area contributed by atoms with E-state index in [0.29, 0.717) is 11.4 Å². The zero-order chi connectivity index (χ0) is 30.2. The molecule has 3 aromatic carbocycles. The van der Waals surface area contributed by atoms with Gasteiger partial charge >= 0.3 is 10.1 Å². The Kier molecular flexibility index (Phi) is 8.03. The molecule has 1 aliphatic heterocycles. The van der Waals surface area contributed by atoms with Gasteiger partial charge in [-0.25, -0.2) is 5.01 Å². The monoisotopic (exact) mass is 606 g/mol. The van der Waals surface area contributed by atoms with Crippen LogP contribution in [0.15, 0.2) is 89.8 Å². The van der Waals surface area contributed by atoms with E-state index in [2.05, 4.69) is 0 Å². The number of carbonyl (C=O) groups excluding carboxylic acids is 4. The number of aryl methyl sites for hydroxylation is 1. The molecule has 1 fully saturated rings. The normalized spacial score (nSPS) is 19.9. The molecule has 3 atom stereocenters. The number of hydrazine groups is 1. The van der Waals surface area contributed by atoms with Crippen LogP contribution in [0.3, 0.4) is 0 Å². The van der Waals surface area contributed by atoms with E-state index >= 15 is 0 Å². The molecule has 1 aliphatic carbocycles. The van der Waals surface area contributed by atoms with Crippen molar-refractivity contribution in [3.8, 4) is 5.75 Å². The molecule has 11 heteroatoms. The molecule has 1 saturated heterocycles. The van der Waals surface area contributed by atoms with E-state index in [1.54, 1.807) is 12.1 Å². The first-order valence-electron chi connectivity index (χ1n) is 13.2. The average molecular weight is 607 g/mol. The van der Waals surface area contributed by atoms with Gasteiger partial charge in [0.2, 0.25) is 0 Å². The molecule has 2 aliphatic rings. The van der Waals surface area contributed by atoms with Gasteiger partial charge in [-0.1, -0.05) is 48.4 Å². The molecule has 3 amide bonds. The summed E-state index contributed by atoms with van der Waals surface area (Å²) in [5.41, 5.74) is 1.15. The Bertz CT molecular complexity index is 1680. The van der Waals surface area contributed by atoms with Crippen molar-refractivity contribution in [1.82, 2.24) is 10.0 Å². The highest BCUT2D eigenvalue weighted by Gasteiger charge is 2.53. The van der Waals surface area contributed by atoms with Crippen LogP contribution >= 0.6 is 11.6 Å². The predicted octanol–water partition coefficient (Wildman–Crippen LogP) is 4.85. The first kappa shape index (κ1) is 29.2. The number of imide groups is 1. The molecule has 0 saturated carbocycles. The van der Waals surface area contributed by atoms with Crippen LogP contribution in [0, 0.1) is 24.7 Å². The van der Waals surface area contributed by atoms with E-state index in [-0.39, 0.29) is 27.7 Å². The number of fused-ring (bicyclic) bond motifs is 1. The van der Waals surface area contributed by atoms with E-state index in [1.807, 2.05) is 26.0 Å². The highest BCUT2D eigenvalue weighted by atomic mass is 35.5. The number of rotatable bonds is 8. The minimum atomic E-state index is -4.10. The van der Waals surface area contributed by atoms with Gasteiger partial charge in [0.15, 0.2) is 5.78 Å². The maximum atomic E-state index is 13.6. The quantitative estimate of drug-likeness (QED) is 0.156. The van der Waals surface area contributed by atoms with Gasteiger partial charge in [-0.2, -0.15) is 13.4 Å². The summed E-state index contributed by atoms with van der Waals surface area (Å²) in [5.74, 6) is -3.86. The summed E-state index contributed by atoms with van der Waals surface area (Å²) in [4.78, 5) is 54.0. The highest BCUT2D eigenvalue weighted by molar-refractivity contribution is 7.87. The fourth-order valence-corrected chi connectivity index (χ4v) is 6.20. The molecule has 216 valence electrons. The van der Waals surface area contributed by atoms with Crippen molar-refractivity contribution in [1.29, 1.82) is 0 Å². The Morgan fingerprint density at radius 1 is 0.929 bits per heavy atom. The van der Waals surface area contributed by atoms with Crippen molar-refractivity contribution in [2.75, 3.05) is 6.54 Å². The van der Waals surface area contributed by atoms with Gasteiger partial charge in [0.1, 0.15) is 17.2 Å². The van der Waals surface area contributed by atoms with E-state index in [0.717, 1.165) is 15.6 Å². The minimum absolute atomic E-state index is 0.0170. The maximum absolute atomic E-state index is 13.6. The van der Waals surface area contributed by atoms with Gasteiger partial charge in [0.25, 0.3) is 17.7 Å². The zero-order valence-electron chi connectivity index (χ0n) is 22.8. The molecule has 1 heterocycles. The van der Waals surface area contributed by atoms with Crippen LogP contribution in [0.5, 0.6) is 5.75 Å². The Morgan fingerprint density at radius 2 is 1.55 bits per heavy atom. The molecule has 42 heavy (non-hydrogen) atoms. The lowest BCUT2D eigenvalue weighted by Crippen LogP contribution is -2.52. The number of hydrogen-bond acceptors (Lipinski definition) is 7. The first-order valence-corrected chi connectivity index (χ1v) is 15.0. The molecule has 0 N–H and O–H groups in total. The summed E-state index contributed by atoms with van der Waals surface area (Å²) < 4.78 is 30.5. The third kappa shape index (κ3) is 5.73. The molecule has 0 bridgehead atoms. The van der Waals surface area contributed by atoms with E-state index < -0.39 is 52.0 Å². The molecule has 0 aromatic heterocycles. The predicted molar refractivity (Wildman–Crippen MR) is 154 cm³/mol. The zero-order valence-corrected chi connectivity index (χ0v) is 24.3. The van der Waals surface area contributed by atoms with Gasteiger partial charge in [-0.15, -0.1) is 0 Å². The fraction of sp³-hybridized carbons (Fsp3) is 0.226. The lowest BCUT2D eigenvalue weighted by atomic mass is 9.78. The summed E-state index contributed by atoms with van der Waals surface area (Å²) in [6, 6.07) is 17.4. The van der Waals surface area contributed by atoms with Crippen molar-refractivity contribution in [2.24, 2.45) is 17.8 Å². The second-order valence-corrected chi connectivity index (χ2v) is 12.3. The van der Waals surface area contributed by atoms with Crippen LogP contribution in [0.25, 0.3) is 0 Å². The molecule has 5 rings (SSSR count). The van der Waals surface area contributed by atoms with Gasteiger partial charge in [-0.05, 0) is 79.9 Å². The van der Waals surface area contributed by atoms with Crippen molar-refractivity contribution in [3.63, 3.8) is 0 Å². The standard InChI is InChI=1S/C31H27ClN2O7S/c1-19-6-16-25(17-7-19)42(39,40)41-24-14-10-21(11-15-24)27(35)18-33(29(36)22-8-12-23(32)13-9-22)34-30(37)26-5-3-4-20(2)28(26)31(34)38/h3-4,6-17,20,26,28H,5,18H2,1-2H3/t20-,26+,28-/m0/s1. The van der Waals surface area contributed by atoms with Crippen molar-refractivity contribution < 1.29 is 31.8 Å². The van der Waals surface area contributed by atoms with Crippen molar-refractivity contribution >= 4 is 45.2 Å². The number of nitrogens with zero attached hydrogens (tertiary/aromatic N) is 2. The Balaban J connectivity index is 1.39. The third-order valence-corrected chi connectivity index (χ3v) is 8.92. The number of amides is 3. The van der Waals surface area contributed by atoms with Gasteiger partial charge < -0.3 is 4.18 Å². The SMILES string of the molecule is Cc1ccc(S(=O)(=O)Oc2ccc(C(=O)CN(C(=O)c3ccc(Cl)cc3)N3C(=O)[C@H]4[C@@H](C)C=CC[C@H]4C3=O)cc2)cc1. The second kappa shape index (κ2) is 11.5. The van der Waals surface area contributed by atoms with Crippen LogP contribution in [0.2, 0.25) is 5.02 Å². The number of halogens is 1. The lowest BCUT2D eigenvalue weighted by Gasteiger charge is -2.30. The van der Waals surface area contributed by atoms with Gasteiger partial charge in [0.05, 0.1) is 11.8 Å². The maximum Gasteiger partial charge on any atom is 0.339 e. The Morgan fingerprint density at radius 3 is 2.17 bits per heavy atom. The van der Waals surface area contributed by atoms with E-state index in [1.165, 1.54) is 60.7 Å². The largest absolute Gasteiger partial charge is 0.379 e. The minimum Gasteiger partial charge on any atom is -0.379 e. The van der Waals surface area contributed by atoms with Crippen molar-refractivity contribution in [3.05, 3.63) is 107 Å². The summed E-state index contributed by atoms with van der Waals surface area (Å²) in [7, 11) is -4.10. The topological polar surface area (TPSA) is 118 Å². The van der Waals surface area contributed by atoms with Crippen LogP contribution < -0.4 is 4.18 Å². The van der Waals surface area contributed by atoms with E-state index in [9.17, 15) is 27.6 Å². The fourth-order valence-electron chi connectivity index (χ4n) is 5.15. The number of Topliss-reactive ketones (excluding diaryl/α,β-unsaturated/α-hetero) is 1. The molecule has 0 radical (unpaired) electrons. The van der Waals surface area contributed by atoms with Gasteiger partial charge in [-0.3, -0.25) is 19.2 Å². The number of allylic oxidation sites excluding steroid dienone is 2. The Labute approximate surface area is 248 Å². The Hall–Kier alpha value is -4.28. The first-order chi connectivity index (χ1) is 20.0. The molecular formula is C31H27ClN2O7S. The molecular weight excluding hydrogens is 580 g/mol. The van der Waals surface area contributed by atoms with Gasteiger partial charge in [0, 0.05) is 16.1 Å². The summed E-state index contributed by atoms with van der Waals surface area (Å²) in [6.45, 7) is 3.06. The van der Waals surface area contributed by atoms with Crippen LogP contribution in [0.4, 0.5) is 0 Å². The molecule has 9 nitrogen and oxygen atoms in total. The summed E-state index contributed by atoms with van der Waals surface area (Å²) in [5, 5.41) is 2.08. The summed E-state index contributed by atoms with van der Waals surface area (Å²) in [6.07, 6.45) is 4.08. The third-order valence-electron chi connectivity index (χ3n) is 7.40.